The summed E-state index contributed by atoms with van der Waals surface area (Å²) in [6, 6.07) is 3.94. The number of aryl methyl sites for hydroxylation is 1. The first-order chi connectivity index (χ1) is 8.20. The van der Waals surface area contributed by atoms with Crippen LogP contribution in [0, 0.1) is 0 Å². The van der Waals surface area contributed by atoms with E-state index >= 15 is 0 Å². The van der Waals surface area contributed by atoms with Gasteiger partial charge in [-0.2, -0.15) is 5.10 Å². The van der Waals surface area contributed by atoms with Gasteiger partial charge in [0.05, 0.1) is 18.5 Å². The normalized spacial score (nSPS) is 13.2. The minimum Gasteiger partial charge on any atom is -0.468 e. The number of hydrogen-bond acceptors (Lipinski definition) is 4. The van der Waals surface area contributed by atoms with E-state index in [0.717, 1.165) is 12.3 Å². The van der Waals surface area contributed by atoms with Crippen LogP contribution in [0.2, 0.25) is 0 Å². The van der Waals surface area contributed by atoms with Crippen LogP contribution in [0.4, 0.5) is 0 Å². The van der Waals surface area contributed by atoms with E-state index in [2.05, 4.69) is 10.00 Å². The Kier molecular flexibility index (Phi) is 3.61. The summed E-state index contributed by atoms with van der Waals surface area (Å²) in [7, 11) is 3.95. The van der Waals surface area contributed by atoms with E-state index in [4.69, 9.17) is 10.2 Å². The molecular formula is C12H18N4O. The lowest BCUT2D eigenvalue weighted by molar-refractivity contribution is 0.213. The molecule has 0 spiro atoms. The third kappa shape index (κ3) is 2.75. The highest BCUT2D eigenvalue weighted by Crippen LogP contribution is 2.20. The van der Waals surface area contributed by atoms with Crippen LogP contribution in [0.5, 0.6) is 0 Å². The van der Waals surface area contributed by atoms with Crippen molar-refractivity contribution in [2.75, 3.05) is 13.6 Å². The lowest BCUT2D eigenvalue weighted by atomic mass is 10.2. The van der Waals surface area contributed by atoms with Crippen molar-refractivity contribution in [3.05, 3.63) is 42.1 Å². The van der Waals surface area contributed by atoms with Crippen molar-refractivity contribution in [2.24, 2.45) is 12.8 Å². The molecule has 5 heteroatoms. The van der Waals surface area contributed by atoms with Crippen molar-refractivity contribution in [3.63, 3.8) is 0 Å². The van der Waals surface area contributed by atoms with Crippen molar-refractivity contribution in [1.29, 1.82) is 0 Å². The standard InChI is InChI=1S/C12H18N4O/c1-15(8-10-7-14-16(2)9-10)11(6-13)12-4-3-5-17-12/h3-5,7,9,11H,6,8,13H2,1-2H3. The molecule has 92 valence electrons. The summed E-state index contributed by atoms with van der Waals surface area (Å²) in [5.74, 6) is 0.902. The van der Waals surface area contributed by atoms with Gasteiger partial charge in [0, 0.05) is 31.9 Å². The summed E-state index contributed by atoms with van der Waals surface area (Å²) in [4.78, 5) is 2.16. The van der Waals surface area contributed by atoms with Crippen LogP contribution in [0.1, 0.15) is 17.4 Å². The van der Waals surface area contributed by atoms with Gasteiger partial charge in [-0.15, -0.1) is 0 Å². The summed E-state index contributed by atoms with van der Waals surface area (Å²) < 4.78 is 7.21. The minimum absolute atomic E-state index is 0.102. The highest BCUT2D eigenvalue weighted by molar-refractivity contribution is 5.08. The predicted molar refractivity (Wildman–Crippen MR) is 65.2 cm³/mol. The fourth-order valence-electron chi connectivity index (χ4n) is 1.95. The summed E-state index contributed by atoms with van der Waals surface area (Å²) in [5.41, 5.74) is 6.97. The number of hydrogen-bond donors (Lipinski definition) is 1. The zero-order valence-electron chi connectivity index (χ0n) is 10.2. The third-order valence-electron chi connectivity index (χ3n) is 2.82. The van der Waals surface area contributed by atoms with Crippen molar-refractivity contribution in [2.45, 2.75) is 12.6 Å². The largest absolute Gasteiger partial charge is 0.468 e. The van der Waals surface area contributed by atoms with Crippen molar-refractivity contribution in [3.8, 4) is 0 Å². The molecular weight excluding hydrogens is 216 g/mol. The zero-order chi connectivity index (χ0) is 12.3. The Balaban J connectivity index is 2.05. The van der Waals surface area contributed by atoms with E-state index in [1.54, 1.807) is 10.9 Å². The molecule has 17 heavy (non-hydrogen) atoms. The first-order valence-electron chi connectivity index (χ1n) is 5.62. The van der Waals surface area contributed by atoms with Crippen LogP contribution in [-0.2, 0) is 13.6 Å². The van der Waals surface area contributed by atoms with Gasteiger partial charge in [-0.1, -0.05) is 0 Å². The van der Waals surface area contributed by atoms with E-state index in [1.165, 1.54) is 5.56 Å². The summed E-state index contributed by atoms with van der Waals surface area (Å²) in [5, 5.41) is 4.15. The summed E-state index contributed by atoms with van der Waals surface area (Å²) >= 11 is 0. The van der Waals surface area contributed by atoms with Gasteiger partial charge in [0.15, 0.2) is 0 Å². The molecule has 5 nitrogen and oxygen atoms in total. The molecule has 1 atom stereocenters. The second-order valence-corrected chi connectivity index (χ2v) is 4.20. The molecule has 2 N–H and O–H groups in total. The van der Waals surface area contributed by atoms with Crippen LogP contribution in [-0.4, -0.2) is 28.3 Å². The van der Waals surface area contributed by atoms with Gasteiger partial charge in [-0.25, -0.2) is 0 Å². The first-order valence-corrected chi connectivity index (χ1v) is 5.62. The Hall–Kier alpha value is -1.59. The first kappa shape index (κ1) is 11.9. The molecule has 2 rings (SSSR count). The number of nitrogens with two attached hydrogens (primary N) is 1. The molecule has 0 aromatic carbocycles. The molecule has 0 saturated carbocycles. The Morgan fingerprint density at radius 3 is 2.94 bits per heavy atom. The van der Waals surface area contributed by atoms with Gasteiger partial charge in [-0.3, -0.25) is 9.58 Å². The maximum atomic E-state index is 5.80. The van der Waals surface area contributed by atoms with Gasteiger partial charge in [-0.05, 0) is 19.2 Å². The molecule has 0 aliphatic heterocycles. The molecule has 2 heterocycles. The highest BCUT2D eigenvalue weighted by atomic mass is 16.3. The van der Waals surface area contributed by atoms with Crippen molar-refractivity contribution in [1.82, 2.24) is 14.7 Å². The Labute approximate surface area is 101 Å². The molecule has 1 unspecified atom stereocenters. The number of rotatable bonds is 5. The molecule has 0 bridgehead atoms. The van der Waals surface area contributed by atoms with Gasteiger partial charge < -0.3 is 10.2 Å². The smallest absolute Gasteiger partial charge is 0.122 e. The maximum absolute atomic E-state index is 5.80. The molecule has 2 aromatic rings. The summed E-state index contributed by atoms with van der Waals surface area (Å²) in [6.07, 6.45) is 5.55. The Morgan fingerprint density at radius 1 is 1.59 bits per heavy atom. The average molecular weight is 234 g/mol. The van der Waals surface area contributed by atoms with Crippen LogP contribution < -0.4 is 5.73 Å². The van der Waals surface area contributed by atoms with Gasteiger partial charge in [0.25, 0.3) is 0 Å². The third-order valence-corrected chi connectivity index (χ3v) is 2.82. The van der Waals surface area contributed by atoms with Gasteiger partial charge >= 0.3 is 0 Å². The van der Waals surface area contributed by atoms with Crippen LogP contribution in [0.15, 0.2) is 35.2 Å². The number of likely N-dealkylation sites (N-methyl/N-ethyl adjacent to an activating group) is 1. The van der Waals surface area contributed by atoms with E-state index in [0.29, 0.717) is 6.54 Å². The SMILES string of the molecule is CN(Cc1cnn(C)c1)C(CN)c1ccco1. The van der Waals surface area contributed by atoms with Crippen LogP contribution >= 0.6 is 0 Å². The van der Waals surface area contributed by atoms with Gasteiger partial charge in [0.1, 0.15) is 5.76 Å². The monoisotopic (exact) mass is 234 g/mol. The number of aromatic nitrogens is 2. The van der Waals surface area contributed by atoms with Crippen LogP contribution in [0.3, 0.4) is 0 Å². The number of nitrogens with zero attached hydrogens (tertiary/aromatic N) is 3. The van der Waals surface area contributed by atoms with Crippen molar-refractivity contribution >= 4 is 0 Å². The van der Waals surface area contributed by atoms with Crippen molar-refractivity contribution < 1.29 is 4.42 Å². The quantitative estimate of drug-likeness (QED) is 0.843. The molecule has 0 radical (unpaired) electrons. The van der Waals surface area contributed by atoms with Gasteiger partial charge in [0.2, 0.25) is 0 Å². The Bertz CT molecular complexity index is 449. The summed E-state index contributed by atoms with van der Waals surface area (Å²) in [6.45, 7) is 1.33. The topological polar surface area (TPSA) is 60.2 Å². The molecule has 2 aromatic heterocycles. The maximum Gasteiger partial charge on any atom is 0.122 e. The zero-order valence-corrected chi connectivity index (χ0v) is 10.2. The fraction of sp³-hybridized carbons (Fsp3) is 0.417. The average Bonchev–Trinajstić information content (AvgIpc) is 2.92. The van der Waals surface area contributed by atoms with Crippen LogP contribution in [0.25, 0.3) is 0 Å². The lowest BCUT2D eigenvalue weighted by Crippen LogP contribution is -2.29. The van der Waals surface area contributed by atoms with E-state index in [9.17, 15) is 0 Å². The number of furan rings is 1. The van der Waals surface area contributed by atoms with E-state index < -0.39 is 0 Å². The molecule has 0 aliphatic carbocycles. The fourth-order valence-corrected chi connectivity index (χ4v) is 1.95. The minimum atomic E-state index is 0.102. The second kappa shape index (κ2) is 5.16. The highest BCUT2D eigenvalue weighted by Gasteiger charge is 2.18. The molecule has 0 fully saturated rings. The van der Waals surface area contributed by atoms with E-state index in [-0.39, 0.29) is 6.04 Å². The Morgan fingerprint density at radius 2 is 2.41 bits per heavy atom. The predicted octanol–water partition coefficient (Wildman–Crippen LogP) is 1.14. The second-order valence-electron chi connectivity index (χ2n) is 4.20. The lowest BCUT2D eigenvalue weighted by Gasteiger charge is -2.24. The van der Waals surface area contributed by atoms with E-state index in [1.807, 2.05) is 38.6 Å². The molecule has 0 amide bonds. The molecule has 0 aliphatic rings. The molecule has 0 saturated heterocycles.